The molecule has 0 unspecified atom stereocenters. The van der Waals surface area contributed by atoms with Gasteiger partial charge in [0.1, 0.15) is 18.1 Å². The summed E-state index contributed by atoms with van der Waals surface area (Å²) in [6.45, 7) is 4.22. The summed E-state index contributed by atoms with van der Waals surface area (Å²) in [6, 6.07) is 17.3. The average Bonchev–Trinajstić information content (AvgIpc) is 2.73. The maximum absolute atomic E-state index is 11.5. The second-order valence-electron chi connectivity index (χ2n) is 5.90. The van der Waals surface area contributed by atoms with Gasteiger partial charge in [0.15, 0.2) is 12.6 Å². The lowest BCUT2D eigenvalue weighted by Crippen LogP contribution is -2.38. The molecule has 0 atom stereocenters. The highest BCUT2D eigenvalue weighted by Crippen LogP contribution is 2.13. The number of ether oxygens (including phenoxy) is 2. The molecular formula is C21H29IN4O3. The Morgan fingerprint density at radius 2 is 1.72 bits per heavy atom. The van der Waals surface area contributed by atoms with Gasteiger partial charge in [-0.3, -0.25) is 9.79 Å². The van der Waals surface area contributed by atoms with Crippen molar-refractivity contribution in [2.45, 2.75) is 13.5 Å². The fourth-order valence-corrected chi connectivity index (χ4v) is 2.40. The lowest BCUT2D eigenvalue weighted by atomic mass is 10.2. The van der Waals surface area contributed by atoms with E-state index >= 15 is 0 Å². The van der Waals surface area contributed by atoms with Crippen molar-refractivity contribution in [1.29, 1.82) is 0 Å². The molecule has 2 aromatic rings. The first kappa shape index (κ1) is 24.5. The van der Waals surface area contributed by atoms with Crippen LogP contribution in [0.25, 0.3) is 0 Å². The zero-order chi connectivity index (χ0) is 20.0. The van der Waals surface area contributed by atoms with E-state index in [-0.39, 0.29) is 36.5 Å². The molecule has 0 fully saturated rings. The summed E-state index contributed by atoms with van der Waals surface area (Å²) < 4.78 is 11.2. The summed E-state index contributed by atoms with van der Waals surface area (Å²) >= 11 is 0. The van der Waals surface area contributed by atoms with Crippen LogP contribution >= 0.6 is 24.0 Å². The Morgan fingerprint density at radius 3 is 2.45 bits per heavy atom. The molecule has 7 nitrogen and oxygen atoms in total. The monoisotopic (exact) mass is 512 g/mol. The molecule has 1 amide bonds. The summed E-state index contributed by atoms with van der Waals surface area (Å²) in [7, 11) is 1.72. The lowest BCUT2D eigenvalue weighted by molar-refractivity contribution is -0.122. The second kappa shape index (κ2) is 14.5. The van der Waals surface area contributed by atoms with Gasteiger partial charge in [-0.1, -0.05) is 30.3 Å². The molecular weight excluding hydrogens is 483 g/mol. The maximum atomic E-state index is 11.5. The molecule has 0 saturated carbocycles. The number of guanidine groups is 1. The summed E-state index contributed by atoms with van der Waals surface area (Å²) in [5.74, 6) is 2.06. The number of carbonyl (C=O) groups excluding carboxylic acids is 1. The van der Waals surface area contributed by atoms with Crippen LogP contribution in [0.15, 0.2) is 59.6 Å². The van der Waals surface area contributed by atoms with E-state index in [0.29, 0.717) is 38.0 Å². The van der Waals surface area contributed by atoms with E-state index in [4.69, 9.17) is 9.47 Å². The molecule has 3 N–H and O–H groups in total. The fraction of sp³-hybridized carbons (Fsp3) is 0.333. The molecule has 0 aliphatic carbocycles. The fourth-order valence-electron chi connectivity index (χ4n) is 2.40. The van der Waals surface area contributed by atoms with Crippen molar-refractivity contribution < 1.29 is 14.3 Å². The minimum atomic E-state index is -0.131. The van der Waals surface area contributed by atoms with Gasteiger partial charge in [0.05, 0.1) is 6.54 Å². The van der Waals surface area contributed by atoms with E-state index in [1.54, 1.807) is 7.05 Å². The van der Waals surface area contributed by atoms with Gasteiger partial charge < -0.3 is 25.4 Å². The molecule has 2 rings (SSSR count). The number of hydrogen-bond donors (Lipinski definition) is 3. The molecule has 0 aromatic heterocycles. The number of hydrogen-bond acceptors (Lipinski definition) is 4. The minimum absolute atomic E-state index is 0. The zero-order valence-electron chi connectivity index (χ0n) is 16.8. The summed E-state index contributed by atoms with van der Waals surface area (Å²) in [4.78, 5) is 15.7. The first-order valence-electron chi connectivity index (χ1n) is 9.32. The average molecular weight is 512 g/mol. The predicted molar refractivity (Wildman–Crippen MR) is 126 cm³/mol. The van der Waals surface area contributed by atoms with E-state index in [1.165, 1.54) is 0 Å². The third kappa shape index (κ3) is 10.0. The molecule has 0 saturated heterocycles. The number of aliphatic imine (C=N–C) groups is 1. The lowest BCUT2D eigenvalue weighted by Gasteiger charge is -2.13. The van der Waals surface area contributed by atoms with Gasteiger partial charge in [0, 0.05) is 20.1 Å². The van der Waals surface area contributed by atoms with E-state index in [9.17, 15) is 4.79 Å². The molecule has 0 radical (unpaired) electrons. The minimum Gasteiger partial charge on any atom is -0.492 e. The number of rotatable bonds is 10. The van der Waals surface area contributed by atoms with Crippen LogP contribution < -0.4 is 25.4 Å². The van der Waals surface area contributed by atoms with Crippen LogP contribution in [-0.2, 0) is 11.3 Å². The van der Waals surface area contributed by atoms with E-state index in [0.717, 1.165) is 11.3 Å². The molecule has 29 heavy (non-hydrogen) atoms. The smallest absolute Gasteiger partial charge is 0.257 e. The Morgan fingerprint density at radius 1 is 0.966 bits per heavy atom. The van der Waals surface area contributed by atoms with Gasteiger partial charge in [-0.15, -0.1) is 24.0 Å². The first-order valence-corrected chi connectivity index (χ1v) is 9.32. The van der Waals surface area contributed by atoms with Crippen LogP contribution in [0.3, 0.4) is 0 Å². The number of nitrogens with zero attached hydrogens (tertiary/aromatic N) is 1. The zero-order valence-corrected chi connectivity index (χ0v) is 19.1. The predicted octanol–water partition coefficient (Wildman–Crippen LogP) is 2.56. The number of likely N-dealkylation sites (N-methyl/N-ethyl adjacent to an activating group) is 1. The summed E-state index contributed by atoms with van der Waals surface area (Å²) in [5, 5.41) is 9.16. The Kier molecular flexibility index (Phi) is 12.3. The van der Waals surface area contributed by atoms with Gasteiger partial charge in [0.2, 0.25) is 0 Å². The van der Waals surface area contributed by atoms with E-state index < -0.39 is 0 Å². The quantitative estimate of drug-likeness (QED) is 0.197. The largest absolute Gasteiger partial charge is 0.492 e. The number of benzene rings is 2. The third-order valence-electron chi connectivity index (χ3n) is 3.73. The molecule has 0 heterocycles. The molecule has 158 valence electrons. The van der Waals surface area contributed by atoms with Crippen molar-refractivity contribution in [3.8, 4) is 11.5 Å². The number of para-hydroxylation sites is 1. The highest BCUT2D eigenvalue weighted by molar-refractivity contribution is 14.0. The number of nitrogens with one attached hydrogen (secondary N) is 3. The van der Waals surface area contributed by atoms with Crippen LogP contribution in [0.2, 0.25) is 0 Å². The van der Waals surface area contributed by atoms with Crippen molar-refractivity contribution in [3.63, 3.8) is 0 Å². The molecule has 0 spiro atoms. The molecule has 0 aliphatic rings. The Labute approximate surface area is 189 Å². The van der Waals surface area contributed by atoms with Gasteiger partial charge in [0.25, 0.3) is 5.91 Å². The first-order chi connectivity index (χ1) is 13.7. The van der Waals surface area contributed by atoms with Crippen molar-refractivity contribution in [3.05, 3.63) is 60.2 Å². The topological polar surface area (TPSA) is 84.0 Å². The van der Waals surface area contributed by atoms with Gasteiger partial charge >= 0.3 is 0 Å². The maximum Gasteiger partial charge on any atom is 0.257 e. The summed E-state index contributed by atoms with van der Waals surface area (Å²) in [6.07, 6.45) is 0. The van der Waals surface area contributed by atoms with Gasteiger partial charge in [-0.2, -0.15) is 0 Å². The third-order valence-corrected chi connectivity index (χ3v) is 3.73. The van der Waals surface area contributed by atoms with Crippen LogP contribution in [0.5, 0.6) is 11.5 Å². The molecule has 0 bridgehead atoms. The van der Waals surface area contributed by atoms with E-state index in [2.05, 4.69) is 20.9 Å². The van der Waals surface area contributed by atoms with Crippen molar-refractivity contribution in [2.24, 2.45) is 4.99 Å². The summed E-state index contributed by atoms with van der Waals surface area (Å²) in [5.41, 5.74) is 1.02. The highest BCUT2D eigenvalue weighted by Gasteiger charge is 2.03. The van der Waals surface area contributed by atoms with Gasteiger partial charge in [-0.25, -0.2) is 0 Å². The van der Waals surface area contributed by atoms with Crippen LogP contribution in [0.1, 0.15) is 12.5 Å². The molecule has 0 aliphatic heterocycles. The van der Waals surface area contributed by atoms with Crippen LogP contribution in [0.4, 0.5) is 0 Å². The second-order valence-corrected chi connectivity index (χ2v) is 5.90. The Balaban J connectivity index is 0.00000420. The normalized spacial score (nSPS) is 10.5. The van der Waals surface area contributed by atoms with E-state index in [1.807, 2.05) is 61.5 Å². The van der Waals surface area contributed by atoms with Crippen LogP contribution in [0, 0.1) is 0 Å². The van der Waals surface area contributed by atoms with Crippen molar-refractivity contribution in [1.82, 2.24) is 16.0 Å². The standard InChI is InChI=1S/C21H28N4O3.HI/c1-3-23-20(26)16-28-19-11-7-8-17(14-19)15-25-21(22-2)24-12-13-27-18-9-5-4-6-10-18;/h4-11,14H,3,12-13,15-16H2,1-2H3,(H,23,26)(H2,22,24,25);1H. The number of halogens is 1. The molecule has 2 aromatic carbocycles. The van der Waals surface area contributed by atoms with Crippen LogP contribution in [-0.4, -0.2) is 45.2 Å². The van der Waals surface area contributed by atoms with Crippen molar-refractivity contribution >= 4 is 35.8 Å². The highest BCUT2D eigenvalue weighted by atomic mass is 127. The molecule has 8 heteroatoms. The Bertz CT molecular complexity index is 757. The number of carbonyl (C=O) groups is 1. The van der Waals surface area contributed by atoms with Crippen molar-refractivity contribution in [2.75, 3.05) is 33.4 Å². The SMILES string of the molecule is CCNC(=O)COc1cccc(CNC(=NC)NCCOc2ccccc2)c1.I. The number of amides is 1. The van der Waals surface area contributed by atoms with Gasteiger partial charge in [-0.05, 0) is 36.8 Å². The Hall–Kier alpha value is -2.49.